The number of aromatic nitrogens is 4. The molecule has 1 aromatic carbocycles. The van der Waals surface area contributed by atoms with Gasteiger partial charge in [-0.15, -0.1) is 18.2 Å². The second kappa shape index (κ2) is 13.3. The standard InChI is InChI=1S/C27H36N7O6PS/c1-5-18(6-2)14-38-25(36)17(4)33-41(37,40-19-11-9-8-10-12-19)39-15-27(7-3)20(35)13-21(42-27)34-16-30-22-23(28)31-26(29)32-24(22)34/h3,8-12,16-18,20-21,35H,5-6,13-15H2,1-2,4H3,(H,33,37)(H4,28,29,31,32)/t17-,20-,21+,27+,41-/m0/s1. The molecule has 1 fully saturated rings. The Balaban J connectivity index is 1.53. The number of ether oxygens (including phenoxy) is 1. The van der Waals surface area contributed by atoms with Crippen LogP contribution in [0.5, 0.6) is 5.75 Å². The highest BCUT2D eigenvalue weighted by Crippen LogP contribution is 2.53. The van der Waals surface area contributed by atoms with Crippen molar-refractivity contribution in [2.75, 3.05) is 24.7 Å². The van der Waals surface area contributed by atoms with E-state index in [0.29, 0.717) is 11.2 Å². The quantitative estimate of drug-likeness (QED) is 0.124. The van der Waals surface area contributed by atoms with Crippen LogP contribution in [0, 0.1) is 18.3 Å². The average Bonchev–Trinajstić information content (AvgIpc) is 3.54. The molecular weight excluding hydrogens is 581 g/mol. The topological polar surface area (TPSA) is 190 Å². The summed E-state index contributed by atoms with van der Waals surface area (Å²) in [5.41, 5.74) is 12.5. The zero-order chi connectivity index (χ0) is 30.5. The van der Waals surface area contributed by atoms with Crippen molar-refractivity contribution in [2.45, 2.75) is 62.3 Å². The second-order valence-corrected chi connectivity index (χ2v) is 13.2. The number of benzene rings is 1. The molecule has 1 aliphatic rings. The molecule has 2 aromatic heterocycles. The molecule has 4 rings (SSSR count). The fourth-order valence-electron chi connectivity index (χ4n) is 4.42. The monoisotopic (exact) mass is 617 g/mol. The Morgan fingerprint density at radius 1 is 1.31 bits per heavy atom. The van der Waals surface area contributed by atoms with Gasteiger partial charge in [-0.3, -0.25) is 9.32 Å². The van der Waals surface area contributed by atoms with Crippen LogP contribution in [-0.4, -0.2) is 60.7 Å². The lowest BCUT2D eigenvalue weighted by atomic mass is 10.0. The third kappa shape index (κ3) is 6.99. The Bertz CT molecular complexity index is 1480. The zero-order valence-electron chi connectivity index (χ0n) is 23.7. The summed E-state index contributed by atoms with van der Waals surface area (Å²) in [5, 5.41) is 13.4. The molecule has 0 radical (unpaired) electrons. The average molecular weight is 618 g/mol. The maximum atomic E-state index is 14.0. The van der Waals surface area contributed by atoms with Gasteiger partial charge in [-0.05, 0) is 25.0 Å². The molecule has 15 heteroatoms. The number of para-hydroxylation sites is 1. The third-order valence-corrected chi connectivity index (χ3v) is 10.3. The molecule has 3 heterocycles. The van der Waals surface area contributed by atoms with Crippen LogP contribution in [-0.2, 0) is 18.6 Å². The Hall–Kier alpha value is -3.34. The van der Waals surface area contributed by atoms with E-state index in [9.17, 15) is 14.5 Å². The molecule has 6 N–H and O–H groups in total. The van der Waals surface area contributed by atoms with E-state index in [1.54, 1.807) is 34.9 Å². The van der Waals surface area contributed by atoms with Crippen molar-refractivity contribution in [2.24, 2.45) is 5.92 Å². The largest absolute Gasteiger partial charge is 0.464 e. The van der Waals surface area contributed by atoms with E-state index in [4.69, 9.17) is 31.7 Å². The summed E-state index contributed by atoms with van der Waals surface area (Å²) < 4.78 is 31.5. The molecule has 42 heavy (non-hydrogen) atoms. The molecule has 5 atom stereocenters. The predicted molar refractivity (Wildman–Crippen MR) is 161 cm³/mol. The third-order valence-electron chi connectivity index (χ3n) is 7.07. The van der Waals surface area contributed by atoms with Crippen LogP contribution in [0.15, 0.2) is 36.7 Å². The number of thioether (sulfide) groups is 1. The number of nitrogens with one attached hydrogen (secondary N) is 1. The first-order valence-electron chi connectivity index (χ1n) is 13.6. The first-order valence-corrected chi connectivity index (χ1v) is 16.0. The van der Waals surface area contributed by atoms with Gasteiger partial charge in [0.25, 0.3) is 0 Å². The summed E-state index contributed by atoms with van der Waals surface area (Å²) in [7, 11) is -4.22. The number of imidazole rings is 1. The number of nitrogen functional groups attached to an aromatic ring is 2. The summed E-state index contributed by atoms with van der Waals surface area (Å²) in [6.07, 6.45) is 8.31. The van der Waals surface area contributed by atoms with Gasteiger partial charge in [0.05, 0.1) is 31.0 Å². The summed E-state index contributed by atoms with van der Waals surface area (Å²) in [6.45, 7) is 5.43. The van der Waals surface area contributed by atoms with Crippen molar-refractivity contribution in [3.63, 3.8) is 0 Å². The van der Waals surface area contributed by atoms with E-state index in [0.717, 1.165) is 12.8 Å². The lowest BCUT2D eigenvalue weighted by Crippen LogP contribution is -2.40. The number of carbonyl (C=O) groups is 1. The fourth-order valence-corrected chi connectivity index (χ4v) is 7.52. The van der Waals surface area contributed by atoms with E-state index >= 15 is 0 Å². The van der Waals surface area contributed by atoms with E-state index < -0.39 is 36.0 Å². The number of nitrogens with zero attached hydrogens (tertiary/aromatic N) is 4. The minimum Gasteiger partial charge on any atom is -0.464 e. The SMILES string of the molecule is C#C[C@]1(CO[P@@](=O)(N[C@@H](C)C(=O)OCC(CC)CC)Oc2ccccc2)S[C@@H](n2cnc3c(N)nc(N)nc32)C[C@@H]1O. The molecule has 13 nitrogen and oxygen atoms in total. The van der Waals surface area contributed by atoms with Gasteiger partial charge in [0, 0.05) is 6.42 Å². The van der Waals surface area contributed by atoms with Crippen molar-refractivity contribution >= 4 is 48.4 Å². The molecule has 0 spiro atoms. The predicted octanol–water partition coefficient (Wildman–Crippen LogP) is 3.52. The van der Waals surface area contributed by atoms with Crippen LogP contribution in [0.4, 0.5) is 11.8 Å². The van der Waals surface area contributed by atoms with Crippen molar-refractivity contribution < 1.29 is 28.3 Å². The number of nitrogens with two attached hydrogens (primary N) is 2. The molecule has 0 saturated carbocycles. The van der Waals surface area contributed by atoms with Gasteiger partial charge >= 0.3 is 13.7 Å². The lowest BCUT2D eigenvalue weighted by Gasteiger charge is -2.29. The van der Waals surface area contributed by atoms with Crippen molar-refractivity contribution in [3.8, 4) is 18.1 Å². The van der Waals surface area contributed by atoms with Gasteiger partial charge < -0.3 is 30.4 Å². The van der Waals surface area contributed by atoms with Gasteiger partial charge in [0.15, 0.2) is 11.5 Å². The number of aliphatic hydroxyl groups is 1. The Labute approximate surface area is 248 Å². The summed E-state index contributed by atoms with van der Waals surface area (Å²) in [4.78, 5) is 25.2. The minimum atomic E-state index is -4.22. The highest BCUT2D eigenvalue weighted by molar-refractivity contribution is 8.01. The van der Waals surface area contributed by atoms with Crippen molar-refractivity contribution in [1.82, 2.24) is 24.6 Å². The molecule has 1 aliphatic heterocycles. The smallest absolute Gasteiger partial charge is 0.459 e. The number of anilines is 2. The number of rotatable bonds is 13. The highest BCUT2D eigenvalue weighted by atomic mass is 32.2. The molecule has 0 aliphatic carbocycles. The van der Waals surface area contributed by atoms with E-state index in [2.05, 4.69) is 26.0 Å². The van der Waals surface area contributed by atoms with E-state index in [-0.39, 0.29) is 43.1 Å². The van der Waals surface area contributed by atoms with Gasteiger partial charge in [-0.25, -0.2) is 9.55 Å². The maximum Gasteiger partial charge on any atom is 0.459 e. The fraction of sp³-hybridized carbons (Fsp3) is 0.481. The summed E-state index contributed by atoms with van der Waals surface area (Å²) >= 11 is 1.21. The number of fused-ring (bicyclic) bond motifs is 1. The first-order chi connectivity index (χ1) is 20.0. The van der Waals surface area contributed by atoms with Crippen LogP contribution in [0.1, 0.15) is 45.4 Å². The van der Waals surface area contributed by atoms with Crippen LogP contribution < -0.4 is 21.1 Å². The van der Waals surface area contributed by atoms with Crippen LogP contribution in [0.25, 0.3) is 11.2 Å². The van der Waals surface area contributed by atoms with Crippen molar-refractivity contribution in [3.05, 3.63) is 36.7 Å². The molecule has 3 aromatic rings. The molecular formula is C27H36N7O6PS. The number of aliphatic hydroxyl groups excluding tert-OH is 1. The molecule has 226 valence electrons. The Morgan fingerprint density at radius 3 is 2.69 bits per heavy atom. The molecule has 0 bridgehead atoms. The van der Waals surface area contributed by atoms with Gasteiger partial charge in [-0.1, -0.05) is 50.8 Å². The highest BCUT2D eigenvalue weighted by Gasteiger charge is 2.50. The van der Waals surface area contributed by atoms with Crippen LogP contribution in [0.3, 0.4) is 0 Å². The van der Waals surface area contributed by atoms with Gasteiger partial charge in [0.1, 0.15) is 22.1 Å². The first kappa shape index (κ1) is 31.6. The second-order valence-electron chi connectivity index (χ2n) is 9.99. The molecule has 0 amide bonds. The Kier molecular flexibility index (Phi) is 10.0. The van der Waals surface area contributed by atoms with Gasteiger partial charge in [-0.2, -0.15) is 15.1 Å². The normalized spacial score (nSPS) is 22.5. The van der Waals surface area contributed by atoms with Crippen LogP contribution >= 0.6 is 19.5 Å². The zero-order valence-corrected chi connectivity index (χ0v) is 25.4. The minimum absolute atomic E-state index is 0.0190. The number of terminal acetylenes is 1. The van der Waals surface area contributed by atoms with E-state index in [1.807, 2.05) is 13.8 Å². The number of hydrogen-bond donors (Lipinski definition) is 4. The summed E-state index contributed by atoms with van der Waals surface area (Å²) in [5.74, 6) is 2.60. The Morgan fingerprint density at radius 2 is 2.02 bits per heavy atom. The molecule has 1 saturated heterocycles. The van der Waals surface area contributed by atoms with Crippen LogP contribution in [0.2, 0.25) is 0 Å². The maximum absolute atomic E-state index is 14.0. The van der Waals surface area contributed by atoms with Crippen molar-refractivity contribution in [1.29, 1.82) is 0 Å². The van der Waals surface area contributed by atoms with Gasteiger partial charge in [0.2, 0.25) is 5.95 Å². The molecule has 0 unspecified atom stereocenters. The summed E-state index contributed by atoms with van der Waals surface area (Å²) in [6, 6.07) is 7.35. The van der Waals surface area contributed by atoms with E-state index in [1.165, 1.54) is 25.0 Å². The lowest BCUT2D eigenvalue weighted by molar-refractivity contribution is -0.146. The number of carbonyl (C=O) groups excluding carboxylic acids is 1. The number of esters is 1. The number of hydrogen-bond acceptors (Lipinski definition) is 12.